The Hall–Kier alpha value is -1.52. The maximum atomic E-state index is 11.9. The van der Waals surface area contributed by atoms with E-state index in [-0.39, 0.29) is 11.2 Å². The molecule has 1 saturated carbocycles. The van der Waals surface area contributed by atoms with Crippen LogP contribution in [0.25, 0.3) is 0 Å². The molecule has 0 aromatic rings. The van der Waals surface area contributed by atoms with Gasteiger partial charge in [-0.3, -0.25) is 9.69 Å². The summed E-state index contributed by atoms with van der Waals surface area (Å²) in [4.78, 5) is 25.8. The molecule has 0 aromatic heterocycles. The summed E-state index contributed by atoms with van der Waals surface area (Å²) in [6.07, 6.45) is 2.19. The van der Waals surface area contributed by atoms with Gasteiger partial charge in [0.2, 0.25) is 0 Å². The third-order valence-electron chi connectivity index (χ3n) is 2.93. The highest BCUT2D eigenvalue weighted by molar-refractivity contribution is 6.06. The average molecular weight is 210 g/mol. The molecule has 2 rings (SSSR count). The van der Waals surface area contributed by atoms with E-state index in [0.717, 1.165) is 17.7 Å². The van der Waals surface area contributed by atoms with Gasteiger partial charge in [0.05, 0.1) is 5.41 Å². The van der Waals surface area contributed by atoms with E-state index in [0.29, 0.717) is 12.2 Å². The molecule has 1 saturated heterocycles. The van der Waals surface area contributed by atoms with E-state index in [1.165, 1.54) is 0 Å². The van der Waals surface area contributed by atoms with Crippen LogP contribution in [0, 0.1) is 5.41 Å². The lowest BCUT2D eigenvalue weighted by atomic mass is 10.0. The van der Waals surface area contributed by atoms with Crippen LogP contribution in [0.3, 0.4) is 0 Å². The molecular weight excluding hydrogens is 196 g/mol. The van der Waals surface area contributed by atoms with Gasteiger partial charge < -0.3 is 10.0 Å². The first-order chi connectivity index (χ1) is 6.96. The van der Waals surface area contributed by atoms with Crippen molar-refractivity contribution in [2.45, 2.75) is 12.8 Å². The van der Waals surface area contributed by atoms with E-state index in [1.807, 2.05) is 0 Å². The molecule has 0 radical (unpaired) electrons. The first kappa shape index (κ1) is 10.0. The van der Waals surface area contributed by atoms with Crippen molar-refractivity contribution in [3.63, 3.8) is 0 Å². The Morgan fingerprint density at radius 2 is 2.13 bits per heavy atom. The number of amides is 1. The van der Waals surface area contributed by atoms with Crippen LogP contribution in [0.4, 0.5) is 4.79 Å². The lowest BCUT2D eigenvalue weighted by Crippen LogP contribution is -2.27. The predicted octanol–water partition coefficient (Wildman–Crippen LogP) is 0.732. The predicted molar refractivity (Wildman–Crippen MR) is 53.2 cm³/mol. The summed E-state index contributed by atoms with van der Waals surface area (Å²) >= 11 is 0. The minimum Gasteiger partial charge on any atom is -0.465 e. The van der Waals surface area contributed by atoms with Crippen LogP contribution in [0.5, 0.6) is 0 Å². The largest absolute Gasteiger partial charge is 0.465 e. The molecule has 82 valence electrons. The highest BCUT2D eigenvalue weighted by atomic mass is 16.4. The molecule has 1 heterocycles. The number of hydrogen-bond acceptors (Lipinski definition) is 3. The van der Waals surface area contributed by atoms with Gasteiger partial charge >= 0.3 is 6.09 Å². The Balaban J connectivity index is 2.33. The maximum absolute atomic E-state index is 11.9. The molecule has 2 fully saturated rings. The monoisotopic (exact) mass is 210 g/mol. The van der Waals surface area contributed by atoms with E-state index in [9.17, 15) is 9.59 Å². The Morgan fingerprint density at radius 1 is 1.53 bits per heavy atom. The van der Waals surface area contributed by atoms with Crippen molar-refractivity contribution < 1.29 is 14.7 Å². The molecule has 0 bridgehead atoms. The number of hydrogen-bond donors (Lipinski definition) is 1. The normalized spacial score (nSPS) is 25.1. The van der Waals surface area contributed by atoms with Gasteiger partial charge in [0.15, 0.2) is 5.78 Å². The zero-order chi connectivity index (χ0) is 11.2. The molecule has 15 heavy (non-hydrogen) atoms. The Morgan fingerprint density at radius 3 is 2.53 bits per heavy atom. The number of ketones is 1. The second-order valence-corrected chi connectivity index (χ2v) is 4.46. The van der Waals surface area contributed by atoms with Crippen LogP contribution >= 0.6 is 0 Å². The van der Waals surface area contributed by atoms with Gasteiger partial charge in [-0.25, -0.2) is 4.79 Å². The Bertz CT molecular complexity index is 356. The van der Waals surface area contributed by atoms with Gasteiger partial charge in [-0.1, -0.05) is 0 Å². The van der Waals surface area contributed by atoms with Crippen LogP contribution in [-0.4, -0.2) is 47.4 Å². The summed E-state index contributed by atoms with van der Waals surface area (Å²) in [7, 11) is 3.55. The zero-order valence-corrected chi connectivity index (χ0v) is 8.86. The van der Waals surface area contributed by atoms with Crippen molar-refractivity contribution in [2.24, 2.45) is 5.41 Å². The summed E-state index contributed by atoms with van der Waals surface area (Å²) in [5, 5.41) is 8.99. The van der Waals surface area contributed by atoms with Gasteiger partial charge in [0.25, 0.3) is 0 Å². The first-order valence-corrected chi connectivity index (χ1v) is 4.90. The van der Waals surface area contributed by atoms with Crippen LogP contribution in [-0.2, 0) is 4.79 Å². The van der Waals surface area contributed by atoms with E-state index in [4.69, 9.17) is 5.11 Å². The number of carbonyl (C=O) groups excluding carboxylic acids is 1. The molecule has 0 aromatic carbocycles. The van der Waals surface area contributed by atoms with E-state index in [2.05, 4.69) is 0 Å². The van der Waals surface area contributed by atoms with Crippen LogP contribution < -0.4 is 0 Å². The lowest BCUT2D eigenvalue weighted by molar-refractivity contribution is -0.118. The van der Waals surface area contributed by atoms with Gasteiger partial charge in [-0.2, -0.15) is 0 Å². The second-order valence-electron chi connectivity index (χ2n) is 4.46. The first-order valence-electron chi connectivity index (χ1n) is 4.90. The van der Waals surface area contributed by atoms with Crippen molar-refractivity contribution in [2.75, 3.05) is 20.6 Å². The lowest BCUT2D eigenvalue weighted by Gasteiger charge is -2.14. The summed E-state index contributed by atoms with van der Waals surface area (Å²) in [6.45, 7) is 0.334. The molecule has 0 atom stereocenters. The van der Waals surface area contributed by atoms with Gasteiger partial charge in [-0.15, -0.1) is 0 Å². The molecule has 1 aliphatic carbocycles. The molecule has 2 aliphatic rings. The third kappa shape index (κ3) is 1.48. The molecule has 1 N–H and O–H groups in total. The highest BCUT2D eigenvalue weighted by Gasteiger charge is 2.58. The molecule has 1 spiro atoms. The molecule has 5 nitrogen and oxygen atoms in total. The molecule has 0 unspecified atom stereocenters. The average Bonchev–Trinajstić information content (AvgIpc) is 2.85. The van der Waals surface area contributed by atoms with Gasteiger partial charge in [0.1, 0.15) is 5.70 Å². The quantitative estimate of drug-likeness (QED) is 0.648. The fourth-order valence-corrected chi connectivity index (χ4v) is 1.93. The van der Waals surface area contributed by atoms with Crippen molar-refractivity contribution >= 4 is 11.9 Å². The SMILES string of the molecule is CN(C)C=C1C(=O)C2(CC2)CN1C(=O)O. The summed E-state index contributed by atoms with van der Waals surface area (Å²) in [6, 6.07) is 0. The summed E-state index contributed by atoms with van der Waals surface area (Å²) in [5.74, 6) is -0.0152. The fourth-order valence-electron chi connectivity index (χ4n) is 1.93. The molecule has 1 aliphatic heterocycles. The van der Waals surface area contributed by atoms with Crippen molar-refractivity contribution in [1.29, 1.82) is 0 Å². The van der Waals surface area contributed by atoms with Crippen LogP contribution in [0.1, 0.15) is 12.8 Å². The van der Waals surface area contributed by atoms with Crippen molar-refractivity contribution in [3.05, 3.63) is 11.9 Å². The second kappa shape index (κ2) is 2.98. The van der Waals surface area contributed by atoms with Crippen molar-refractivity contribution in [3.8, 4) is 0 Å². The minimum atomic E-state index is -1.04. The zero-order valence-electron chi connectivity index (χ0n) is 8.86. The number of allylic oxidation sites excluding steroid dienone is 1. The number of carbonyl (C=O) groups is 2. The Labute approximate surface area is 88.0 Å². The summed E-state index contributed by atoms with van der Waals surface area (Å²) < 4.78 is 0. The topological polar surface area (TPSA) is 60.9 Å². The van der Waals surface area contributed by atoms with Gasteiger partial charge in [-0.05, 0) is 12.8 Å². The van der Waals surface area contributed by atoms with Gasteiger partial charge in [0, 0.05) is 26.8 Å². The maximum Gasteiger partial charge on any atom is 0.412 e. The number of rotatable bonds is 1. The van der Waals surface area contributed by atoms with E-state index in [1.54, 1.807) is 25.2 Å². The van der Waals surface area contributed by atoms with Crippen LogP contribution in [0.2, 0.25) is 0 Å². The van der Waals surface area contributed by atoms with E-state index >= 15 is 0 Å². The summed E-state index contributed by atoms with van der Waals surface area (Å²) in [5.41, 5.74) is -0.0646. The number of likely N-dealkylation sites (tertiary alicyclic amines) is 1. The molecule has 5 heteroatoms. The number of nitrogens with zero attached hydrogens (tertiary/aromatic N) is 2. The molecular formula is C10H14N2O3. The number of carboxylic acid groups (broad SMARTS) is 1. The molecule has 1 amide bonds. The third-order valence-corrected chi connectivity index (χ3v) is 2.93. The fraction of sp³-hybridized carbons (Fsp3) is 0.600. The smallest absolute Gasteiger partial charge is 0.412 e. The number of Topliss-reactive ketones (excluding diaryl/α,β-unsaturated/α-hetero) is 1. The highest BCUT2D eigenvalue weighted by Crippen LogP contribution is 2.53. The standard InChI is InChI=1S/C10H14N2O3/c1-11(2)5-7-8(13)10(3-4-10)6-12(7)9(14)15/h5H,3-4,6H2,1-2H3,(H,14,15). The Kier molecular flexibility index (Phi) is 1.99. The van der Waals surface area contributed by atoms with Crippen molar-refractivity contribution in [1.82, 2.24) is 9.80 Å². The minimum absolute atomic E-state index is 0.0152. The van der Waals surface area contributed by atoms with E-state index < -0.39 is 6.09 Å². The van der Waals surface area contributed by atoms with Crippen LogP contribution in [0.15, 0.2) is 11.9 Å².